The lowest BCUT2D eigenvalue weighted by Crippen LogP contribution is -2.14. The molecule has 5 nitrogen and oxygen atoms in total. The number of carbonyl (C=O) groups is 2. The Balaban J connectivity index is 1.47. The van der Waals surface area contributed by atoms with Crippen molar-refractivity contribution in [2.24, 2.45) is 0 Å². The molecule has 0 amide bonds. The summed E-state index contributed by atoms with van der Waals surface area (Å²) in [5.41, 5.74) is 8.55. The van der Waals surface area contributed by atoms with Gasteiger partial charge in [0.2, 0.25) is 0 Å². The van der Waals surface area contributed by atoms with E-state index in [1.165, 1.54) is 29.4 Å². The van der Waals surface area contributed by atoms with E-state index in [-0.39, 0.29) is 17.6 Å². The summed E-state index contributed by atoms with van der Waals surface area (Å²) in [4.78, 5) is 24.7. The number of fused-ring (bicyclic) bond motifs is 1. The molecule has 4 aromatic carbocycles. The highest BCUT2D eigenvalue weighted by Gasteiger charge is 2.27. The number of rotatable bonds is 9. The molecule has 5 heteroatoms. The summed E-state index contributed by atoms with van der Waals surface area (Å²) >= 11 is 0. The first-order valence-corrected chi connectivity index (χ1v) is 14.4. The highest BCUT2D eigenvalue weighted by atomic mass is 16.5. The van der Waals surface area contributed by atoms with E-state index < -0.39 is 5.97 Å². The molecule has 42 heavy (non-hydrogen) atoms. The minimum Gasteiger partial charge on any atom is -0.478 e. The number of hydrogen-bond donors (Lipinski definition) is 1. The second-order valence-electron chi connectivity index (χ2n) is 10.9. The van der Waals surface area contributed by atoms with Crippen molar-refractivity contribution in [3.05, 3.63) is 137 Å². The molecule has 1 aliphatic carbocycles. The minimum absolute atomic E-state index is 0.0128. The van der Waals surface area contributed by atoms with Crippen molar-refractivity contribution in [1.29, 1.82) is 0 Å². The largest absolute Gasteiger partial charge is 0.478 e. The van der Waals surface area contributed by atoms with Crippen molar-refractivity contribution in [3.63, 3.8) is 0 Å². The standard InChI is InChI=1S/C37H33NO4/c1-42-37(41)33-14-8-13-31(33)34-24-38(35-23-29(36(39)40)19-20-32(34)35)30(21-25-9-4-2-5-10-25)22-26-15-17-28(18-16-26)27-11-6-3-7-12-27/h2-7,9-12,15-20,23-24,30H,8,13-14,21-22H2,1H3,(H,39,40). The second kappa shape index (κ2) is 11.9. The Hall–Kier alpha value is -4.90. The van der Waals surface area contributed by atoms with Gasteiger partial charge in [-0.05, 0) is 72.1 Å². The number of nitrogens with zero attached hydrogens (tertiary/aromatic N) is 1. The molecule has 6 rings (SSSR count). The lowest BCUT2D eigenvalue weighted by Gasteiger charge is -2.21. The Morgan fingerprint density at radius 1 is 0.810 bits per heavy atom. The molecule has 0 saturated heterocycles. The van der Waals surface area contributed by atoms with Crippen LogP contribution < -0.4 is 0 Å². The molecule has 1 aromatic heterocycles. The Labute approximate surface area is 245 Å². The molecule has 0 fully saturated rings. The van der Waals surface area contributed by atoms with E-state index in [1.54, 1.807) is 12.1 Å². The van der Waals surface area contributed by atoms with Gasteiger partial charge in [0, 0.05) is 34.3 Å². The van der Waals surface area contributed by atoms with Crippen LogP contribution in [0.5, 0.6) is 0 Å². The van der Waals surface area contributed by atoms with Crippen LogP contribution in [0.15, 0.2) is 115 Å². The number of benzene rings is 4. The van der Waals surface area contributed by atoms with Gasteiger partial charge >= 0.3 is 11.9 Å². The molecule has 1 aliphatic rings. The van der Waals surface area contributed by atoms with Crippen molar-refractivity contribution in [2.45, 2.75) is 38.1 Å². The number of ether oxygens (including phenoxy) is 1. The van der Waals surface area contributed by atoms with Crippen LogP contribution in [0.25, 0.3) is 27.6 Å². The van der Waals surface area contributed by atoms with Gasteiger partial charge in [-0.2, -0.15) is 0 Å². The van der Waals surface area contributed by atoms with E-state index in [4.69, 9.17) is 4.74 Å². The van der Waals surface area contributed by atoms with E-state index in [9.17, 15) is 14.7 Å². The smallest absolute Gasteiger partial charge is 0.335 e. The Morgan fingerprint density at radius 2 is 1.45 bits per heavy atom. The Morgan fingerprint density at radius 3 is 2.12 bits per heavy atom. The monoisotopic (exact) mass is 555 g/mol. The van der Waals surface area contributed by atoms with Crippen LogP contribution in [-0.4, -0.2) is 28.7 Å². The van der Waals surface area contributed by atoms with E-state index in [2.05, 4.69) is 71.4 Å². The molecule has 1 atom stereocenters. The maximum absolute atomic E-state index is 12.7. The third-order valence-corrected chi connectivity index (χ3v) is 8.30. The summed E-state index contributed by atoms with van der Waals surface area (Å²) in [6, 6.07) is 34.7. The predicted octanol–water partition coefficient (Wildman–Crippen LogP) is 8.14. The first kappa shape index (κ1) is 27.3. The van der Waals surface area contributed by atoms with E-state index in [0.717, 1.165) is 53.3 Å². The summed E-state index contributed by atoms with van der Waals surface area (Å²) in [6.07, 6.45) is 6.02. The molecule has 1 N–H and O–H groups in total. The number of esters is 1. The zero-order valence-electron chi connectivity index (χ0n) is 23.6. The van der Waals surface area contributed by atoms with Crippen molar-refractivity contribution >= 4 is 28.4 Å². The molecule has 0 radical (unpaired) electrons. The van der Waals surface area contributed by atoms with Gasteiger partial charge in [-0.25, -0.2) is 9.59 Å². The zero-order valence-corrected chi connectivity index (χ0v) is 23.6. The SMILES string of the molecule is COC(=O)C1=C(c2cn(C(Cc3ccccc3)Cc3ccc(-c4ccccc4)cc3)c3cc(C(=O)O)ccc23)CCC1. The number of carboxylic acids is 1. The van der Waals surface area contributed by atoms with Crippen LogP contribution in [0, 0.1) is 0 Å². The average Bonchev–Trinajstić information content (AvgIpc) is 3.66. The van der Waals surface area contributed by atoms with Gasteiger partial charge in [-0.1, -0.05) is 91.0 Å². The van der Waals surface area contributed by atoms with Gasteiger partial charge in [0.1, 0.15) is 0 Å². The summed E-state index contributed by atoms with van der Waals surface area (Å²) in [5, 5.41) is 10.8. The molecular weight excluding hydrogens is 522 g/mol. The predicted molar refractivity (Wildman–Crippen MR) is 166 cm³/mol. The van der Waals surface area contributed by atoms with Crippen molar-refractivity contribution in [1.82, 2.24) is 4.57 Å². The topological polar surface area (TPSA) is 68.5 Å². The van der Waals surface area contributed by atoms with Gasteiger partial charge in [-0.3, -0.25) is 0 Å². The fraction of sp³-hybridized carbons (Fsp3) is 0.189. The summed E-state index contributed by atoms with van der Waals surface area (Å²) in [5.74, 6) is -1.25. The second-order valence-corrected chi connectivity index (χ2v) is 10.9. The van der Waals surface area contributed by atoms with E-state index >= 15 is 0 Å². The third-order valence-electron chi connectivity index (χ3n) is 8.30. The molecule has 0 saturated carbocycles. The quantitative estimate of drug-likeness (QED) is 0.186. The summed E-state index contributed by atoms with van der Waals surface area (Å²) in [6.45, 7) is 0. The van der Waals surface area contributed by atoms with Gasteiger partial charge in [0.15, 0.2) is 0 Å². The van der Waals surface area contributed by atoms with Crippen LogP contribution >= 0.6 is 0 Å². The number of aromatic carboxylic acids is 1. The molecule has 1 unspecified atom stereocenters. The van der Waals surface area contributed by atoms with Gasteiger partial charge < -0.3 is 14.4 Å². The van der Waals surface area contributed by atoms with Crippen molar-refractivity contribution in [2.75, 3.05) is 7.11 Å². The summed E-state index contributed by atoms with van der Waals surface area (Å²) in [7, 11) is 1.42. The first-order chi connectivity index (χ1) is 20.5. The Kier molecular flexibility index (Phi) is 7.74. The van der Waals surface area contributed by atoms with Crippen molar-refractivity contribution < 1.29 is 19.4 Å². The lowest BCUT2D eigenvalue weighted by molar-refractivity contribution is -0.136. The van der Waals surface area contributed by atoms with Crippen LogP contribution in [0.4, 0.5) is 0 Å². The van der Waals surface area contributed by atoms with E-state index in [0.29, 0.717) is 6.42 Å². The first-order valence-electron chi connectivity index (χ1n) is 14.4. The average molecular weight is 556 g/mol. The Bertz CT molecular complexity index is 1770. The van der Waals surface area contributed by atoms with Crippen LogP contribution in [0.1, 0.15) is 52.4 Å². The molecule has 0 bridgehead atoms. The number of carboxylic acid groups (broad SMARTS) is 1. The van der Waals surface area contributed by atoms with Gasteiger partial charge in [-0.15, -0.1) is 0 Å². The number of allylic oxidation sites excluding steroid dienone is 1. The highest BCUT2D eigenvalue weighted by Crippen LogP contribution is 2.40. The van der Waals surface area contributed by atoms with Crippen LogP contribution in [0.2, 0.25) is 0 Å². The molecule has 0 aliphatic heterocycles. The number of aromatic nitrogens is 1. The molecule has 5 aromatic rings. The summed E-state index contributed by atoms with van der Waals surface area (Å²) < 4.78 is 7.35. The molecule has 0 spiro atoms. The van der Waals surface area contributed by atoms with E-state index in [1.807, 2.05) is 30.3 Å². The normalized spacial score (nSPS) is 13.8. The van der Waals surface area contributed by atoms with Gasteiger partial charge in [0.05, 0.1) is 12.7 Å². The lowest BCUT2D eigenvalue weighted by atomic mass is 9.96. The number of methoxy groups -OCH3 is 1. The zero-order chi connectivity index (χ0) is 29.1. The molecular formula is C37H33NO4. The van der Waals surface area contributed by atoms with Gasteiger partial charge in [0.25, 0.3) is 0 Å². The fourth-order valence-electron chi connectivity index (χ4n) is 6.21. The number of hydrogen-bond acceptors (Lipinski definition) is 3. The fourth-order valence-corrected chi connectivity index (χ4v) is 6.21. The maximum Gasteiger partial charge on any atom is 0.335 e. The minimum atomic E-state index is -0.961. The highest BCUT2D eigenvalue weighted by molar-refractivity contribution is 6.05. The van der Waals surface area contributed by atoms with Crippen LogP contribution in [0.3, 0.4) is 0 Å². The van der Waals surface area contributed by atoms with Crippen LogP contribution in [-0.2, 0) is 22.4 Å². The number of carbonyl (C=O) groups excluding carboxylic acids is 1. The molecule has 1 heterocycles. The third kappa shape index (κ3) is 5.51. The molecule has 210 valence electrons. The maximum atomic E-state index is 12.7. The van der Waals surface area contributed by atoms with Crippen molar-refractivity contribution in [3.8, 4) is 11.1 Å².